The fourth-order valence-electron chi connectivity index (χ4n) is 1.19. The van der Waals surface area contributed by atoms with E-state index in [0.717, 1.165) is 4.47 Å². The highest BCUT2D eigenvalue weighted by molar-refractivity contribution is 9.10. The summed E-state index contributed by atoms with van der Waals surface area (Å²) in [6.45, 7) is 0. The molecule has 0 radical (unpaired) electrons. The molecule has 0 saturated carbocycles. The van der Waals surface area contributed by atoms with Gasteiger partial charge >= 0.3 is 0 Å². The van der Waals surface area contributed by atoms with Crippen molar-refractivity contribution in [1.29, 1.82) is 0 Å². The lowest BCUT2D eigenvalue weighted by atomic mass is 10.3. The Hall–Kier alpha value is -0.840. The van der Waals surface area contributed by atoms with Crippen molar-refractivity contribution >= 4 is 39.1 Å². The van der Waals surface area contributed by atoms with Crippen molar-refractivity contribution < 1.29 is 4.74 Å². The molecule has 0 atom stereocenters. The molecule has 1 heterocycles. The standard InChI is InChI=1S/C11H7BrCl2N2O/c12-7-1-3-8(4-2-7)17-11-9(5-13)10(14)15-6-16-11/h1-4,6H,5H2. The lowest BCUT2D eigenvalue weighted by Crippen LogP contribution is -1.95. The van der Waals surface area contributed by atoms with Gasteiger partial charge in [0.1, 0.15) is 17.2 Å². The highest BCUT2D eigenvalue weighted by Gasteiger charge is 2.10. The van der Waals surface area contributed by atoms with E-state index in [1.807, 2.05) is 24.3 Å². The van der Waals surface area contributed by atoms with Crippen molar-refractivity contribution in [3.63, 3.8) is 0 Å². The van der Waals surface area contributed by atoms with Gasteiger partial charge in [0.25, 0.3) is 0 Å². The fourth-order valence-corrected chi connectivity index (χ4v) is 1.96. The van der Waals surface area contributed by atoms with E-state index >= 15 is 0 Å². The molecule has 1 aromatic carbocycles. The van der Waals surface area contributed by atoms with Gasteiger partial charge in [0.05, 0.1) is 11.4 Å². The first-order valence-electron chi connectivity index (χ1n) is 4.69. The van der Waals surface area contributed by atoms with Crippen LogP contribution in [0.5, 0.6) is 11.6 Å². The summed E-state index contributed by atoms with van der Waals surface area (Å²) in [4.78, 5) is 7.86. The Morgan fingerprint density at radius 2 is 1.88 bits per heavy atom. The van der Waals surface area contributed by atoms with Crippen LogP contribution in [0.4, 0.5) is 0 Å². The minimum atomic E-state index is 0.200. The summed E-state index contributed by atoms with van der Waals surface area (Å²) in [5, 5.41) is 0.308. The lowest BCUT2D eigenvalue weighted by molar-refractivity contribution is 0.456. The third kappa shape index (κ3) is 3.09. The van der Waals surface area contributed by atoms with Gasteiger partial charge in [0.15, 0.2) is 0 Å². The van der Waals surface area contributed by atoms with Crippen LogP contribution in [0.2, 0.25) is 5.15 Å². The second kappa shape index (κ2) is 5.67. The summed E-state index contributed by atoms with van der Waals surface area (Å²) >= 11 is 15.0. The molecule has 0 N–H and O–H groups in total. The van der Waals surface area contributed by atoms with Gasteiger partial charge in [0, 0.05) is 4.47 Å². The first kappa shape index (κ1) is 12.6. The molecule has 1 aromatic heterocycles. The highest BCUT2D eigenvalue weighted by Crippen LogP contribution is 2.28. The minimum absolute atomic E-state index is 0.200. The molecule has 0 bridgehead atoms. The van der Waals surface area contributed by atoms with E-state index in [1.165, 1.54) is 6.33 Å². The Labute approximate surface area is 117 Å². The smallest absolute Gasteiger partial charge is 0.228 e. The predicted octanol–water partition coefficient (Wildman–Crippen LogP) is 4.42. The molecule has 2 aromatic rings. The number of ether oxygens (including phenoxy) is 1. The molecule has 3 nitrogen and oxygen atoms in total. The van der Waals surface area contributed by atoms with Crippen LogP contribution in [0, 0.1) is 0 Å². The Bertz CT molecular complexity index is 519. The van der Waals surface area contributed by atoms with E-state index in [9.17, 15) is 0 Å². The highest BCUT2D eigenvalue weighted by atomic mass is 79.9. The summed E-state index contributed by atoms with van der Waals surface area (Å²) in [5.41, 5.74) is 0.582. The van der Waals surface area contributed by atoms with Gasteiger partial charge in [-0.25, -0.2) is 9.97 Å². The molecule has 0 saturated heterocycles. The van der Waals surface area contributed by atoms with Gasteiger partial charge in [0.2, 0.25) is 5.88 Å². The Balaban J connectivity index is 2.29. The molecule has 88 valence electrons. The van der Waals surface area contributed by atoms with E-state index in [1.54, 1.807) is 0 Å². The number of halogens is 3. The van der Waals surface area contributed by atoms with Crippen molar-refractivity contribution in [3.8, 4) is 11.6 Å². The number of nitrogens with zero attached hydrogens (tertiary/aromatic N) is 2. The second-order valence-electron chi connectivity index (χ2n) is 3.14. The van der Waals surface area contributed by atoms with Gasteiger partial charge < -0.3 is 4.74 Å². The van der Waals surface area contributed by atoms with E-state index in [2.05, 4.69) is 25.9 Å². The van der Waals surface area contributed by atoms with Crippen molar-refractivity contribution in [3.05, 3.63) is 45.8 Å². The van der Waals surface area contributed by atoms with Crippen LogP contribution >= 0.6 is 39.1 Å². The molecule has 0 aliphatic carbocycles. The predicted molar refractivity (Wildman–Crippen MR) is 70.8 cm³/mol. The molecule has 0 aliphatic rings. The van der Waals surface area contributed by atoms with Crippen molar-refractivity contribution in [2.24, 2.45) is 0 Å². The van der Waals surface area contributed by atoms with Crippen LogP contribution in [-0.2, 0) is 5.88 Å². The van der Waals surface area contributed by atoms with Gasteiger partial charge in [-0.1, -0.05) is 27.5 Å². The maximum Gasteiger partial charge on any atom is 0.228 e. The molecule has 0 amide bonds. The summed E-state index contributed by atoms with van der Waals surface area (Å²) in [7, 11) is 0. The topological polar surface area (TPSA) is 35.0 Å². The number of hydrogen-bond acceptors (Lipinski definition) is 3. The van der Waals surface area contributed by atoms with Gasteiger partial charge in [-0.2, -0.15) is 0 Å². The van der Waals surface area contributed by atoms with Crippen molar-refractivity contribution in [1.82, 2.24) is 9.97 Å². The zero-order valence-corrected chi connectivity index (χ0v) is 11.6. The zero-order chi connectivity index (χ0) is 12.3. The Kier molecular flexibility index (Phi) is 4.20. The van der Waals surface area contributed by atoms with Crippen LogP contribution in [-0.4, -0.2) is 9.97 Å². The van der Waals surface area contributed by atoms with Crippen molar-refractivity contribution in [2.75, 3.05) is 0 Å². The first-order chi connectivity index (χ1) is 8.20. The number of benzene rings is 1. The van der Waals surface area contributed by atoms with Crippen LogP contribution in [0.15, 0.2) is 35.1 Å². The summed E-state index contributed by atoms with van der Waals surface area (Å²) in [6, 6.07) is 7.38. The first-order valence-corrected chi connectivity index (χ1v) is 6.40. The van der Waals surface area contributed by atoms with E-state index in [4.69, 9.17) is 27.9 Å². The van der Waals surface area contributed by atoms with Crippen LogP contribution in [0.1, 0.15) is 5.56 Å². The molecule has 6 heteroatoms. The summed E-state index contributed by atoms with van der Waals surface area (Å²) in [5.74, 6) is 1.24. The molecular formula is C11H7BrCl2N2O. The van der Waals surface area contributed by atoms with E-state index in [-0.39, 0.29) is 5.88 Å². The lowest BCUT2D eigenvalue weighted by Gasteiger charge is -2.08. The molecule has 0 spiro atoms. The number of aromatic nitrogens is 2. The maximum atomic E-state index is 5.90. The third-order valence-electron chi connectivity index (χ3n) is 2.02. The molecule has 17 heavy (non-hydrogen) atoms. The average Bonchev–Trinajstić information content (AvgIpc) is 2.32. The largest absolute Gasteiger partial charge is 0.439 e. The van der Waals surface area contributed by atoms with E-state index in [0.29, 0.717) is 22.3 Å². The molecule has 0 fully saturated rings. The normalized spacial score (nSPS) is 10.3. The van der Waals surface area contributed by atoms with Gasteiger partial charge in [-0.15, -0.1) is 11.6 Å². The maximum absolute atomic E-state index is 5.90. The Morgan fingerprint density at radius 1 is 1.18 bits per heavy atom. The molecule has 0 unspecified atom stereocenters. The number of rotatable bonds is 3. The second-order valence-corrected chi connectivity index (χ2v) is 4.68. The van der Waals surface area contributed by atoms with Gasteiger partial charge in [-0.05, 0) is 24.3 Å². The third-order valence-corrected chi connectivity index (χ3v) is 3.14. The average molecular weight is 334 g/mol. The monoisotopic (exact) mass is 332 g/mol. The minimum Gasteiger partial charge on any atom is -0.439 e. The van der Waals surface area contributed by atoms with Crippen LogP contribution in [0.25, 0.3) is 0 Å². The summed E-state index contributed by atoms with van der Waals surface area (Å²) < 4.78 is 6.57. The fraction of sp³-hybridized carbons (Fsp3) is 0.0909. The SMILES string of the molecule is ClCc1c(Cl)ncnc1Oc1ccc(Br)cc1. The van der Waals surface area contributed by atoms with Crippen molar-refractivity contribution in [2.45, 2.75) is 5.88 Å². The van der Waals surface area contributed by atoms with Crippen LogP contribution < -0.4 is 4.74 Å². The molecule has 0 aliphatic heterocycles. The van der Waals surface area contributed by atoms with Crippen LogP contribution in [0.3, 0.4) is 0 Å². The molecular weight excluding hydrogens is 327 g/mol. The Morgan fingerprint density at radius 3 is 2.53 bits per heavy atom. The van der Waals surface area contributed by atoms with E-state index < -0.39 is 0 Å². The van der Waals surface area contributed by atoms with Gasteiger partial charge in [-0.3, -0.25) is 0 Å². The molecule has 2 rings (SSSR count). The number of alkyl halides is 1. The quantitative estimate of drug-likeness (QED) is 0.616. The number of hydrogen-bond donors (Lipinski definition) is 0. The zero-order valence-electron chi connectivity index (χ0n) is 8.53. The summed E-state index contributed by atoms with van der Waals surface area (Å²) in [6.07, 6.45) is 1.34.